The Balaban J connectivity index is 0.00000312. The number of likely N-dealkylation sites (N-methyl/N-ethyl adjacent to an activating group) is 1. The maximum absolute atomic E-state index is 4.31. The van der Waals surface area contributed by atoms with Gasteiger partial charge >= 0.3 is 0 Å². The van der Waals surface area contributed by atoms with E-state index in [-0.39, 0.29) is 24.0 Å². The smallest absolute Gasteiger partial charge is 0.191 e. The summed E-state index contributed by atoms with van der Waals surface area (Å²) in [5.41, 5.74) is 1.35. The molecule has 1 aliphatic heterocycles. The molecule has 0 unspecified atom stereocenters. The number of rotatable bonds is 8. The van der Waals surface area contributed by atoms with Gasteiger partial charge in [0.15, 0.2) is 5.96 Å². The number of unbranched alkanes of at least 4 members (excludes halogenated alkanes) is 1. The van der Waals surface area contributed by atoms with Crippen LogP contribution < -0.4 is 10.6 Å². The van der Waals surface area contributed by atoms with Gasteiger partial charge in [-0.1, -0.05) is 6.92 Å². The van der Waals surface area contributed by atoms with Crippen molar-refractivity contribution >= 4 is 41.3 Å². The van der Waals surface area contributed by atoms with Gasteiger partial charge in [0.1, 0.15) is 0 Å². The van der Waals surface area contributed by atoms with Gasteiger partial charge in [0.2, 0.25) is 0 Å². The van der Waals surface area contributed by atoms with Crippen LogP contribution in [0.3, 0.4) is 0 Å². The molecule has 5 nitrogen and oxygen atoms in total. The Morgan fingerprint density at radius 2 is 1.88 bits per heavy atom. The van der Waals surface area contributed by atoms with Crippen molar-refractivity contribution in [1.29, 1.82) is 0 Å². The van der Waals surface area contributed by atoms with Crippen LogP contribution in [-0.4, -0.2) is 68.6 Å². The molecule has 0 aromatic carbocycles. The highest BCUT2D eigenvalue weighted by Gasteiger charge is 2.14. The van der Waals surface area contributed by atoms with Crippen molar-refractivity contribution in [2.75, 3.05) is 52.9 Å². The van der Waals surface area contributed by atoms with Crippen LogP contribution >= 0.6 is 35.3 Å². The molecule has 0 aliphatic carbocycles. The van der Waals surface area contributed by atoms with E-state index >= 15 is 0 Å². The van der Waals surface area contributed by atoms with Crippen LogP contribution in [0.4, 0.5) is 0 Å². The van der Waals surface area contributed by atoms with Gasteiger partial charge in [-0.15, -0.1) is 35.3 Å². The molecule has 0 spiro atoms. The molecule has 0 radical (unpaired) electrons. The lowest BCUT2D eigenvalue weighted by Gasteiger charge is -2.34. The Hall–Kier alpha value is -0.380. The Morgan fingerprint density at radius 1 is 1.16 bits per heavy atom. The van der Waals surface area contributed by atoms with Gasteiger partial charge in [-0.05, 0) is 49.9 Å². The fourth-order valence-corrected chi connectivity index (χ4v) is 3.81. The molecule has 1 aliphatic rings. The summed E-state index contributed by atoms with van der Waals surface area (Å²) in [4.78, 5) is 10.8. The molecule has 25 heavy (non-hydrogen) atoms. The standard InChI is InChI=1S/C18H33N5S.HI/c1-4-22-10-12-23(13-11-22)9-6-5-8-20-18(19-3)21-15-17-16(2)7-14-24-17;/h7,14H,4-6,8-13,15H2,1-3H3,(H2,19,20,21);1H. The average Bonchev–Trinajstić information content (AvgIpc) is 3.03. The monoisotopic (exact) mass is 479 g/mol. The summed E-state index contributed by atoms with van der Waals surface area (Å²) in [6.07, 6.45) is 2.44. The number of hydrogen-bond donors (Lipinski definition) is 2. The third kappa shape index (κ3) is 8.23. The second-order valence-corrected chi connectivity index (χ2v) is 7.36. The van der Waals surface area contributed by atoms with Gasteiger partial charge in [-0.25, -0.2) is 0 Å². The minimum atomic E-state index is 0. The van der Waals surface area contributed by atoms with Gasteiger partial charge in [0, 0.05) is 44.6 Å². The molecule has 1 aromatic rings. The van der Waals surface area contributed by atoms with E-state index in [2.05, 4.69) is 50.7 Å². The van der Waals surface area contributed by atoms with E-state index in [1.807, 2.05) is 7.05 Å². The SMILES string of the molecule is CCN1CCN(CCCCNC(=NC)NCc2sccc2C)CC1.I. The summed E-state index contributed by atoms with van der Waals surface area (Å²) >= 11 is 1.80. The summed E-state index contributed by atoms with van der Waals surface area (Å²) < 4.78 is 0. The van der Waals surface area contributed by atoms with Crippen LogP contribution in [0.25, 0.3) is 0 Å². The topological polar surface area (TPSA) is 42.9 Å². The number of hydrogen-bond acceptors (Lipinski definition) is 4. The van der Waals surface area contributed by atoms with Crippen molar-refractivity contribution in [2.45, 2.75) is 33.2 Å². The first kappa shape index (κ1) is 22.7. The Morgan fingerprint density at radius 3 is 2.48 bits per heavy atom. The van der Waals surface area contributed by atoms with E-state index in [0.717, 1.165) is 19.0 Å². The molecule has 0 bridgehead atoms. The highest BCUT2D eigenvalue weighted by Crippen LogP contribution is 2.14. The molecule has 7 heteroatoms. The summed E-state index contributed by atoms with van der Waals surface area (Å²) in [5.74, 6) is 0.902. The summed E-state index contributed by atoms with van der Waals surface area (Å²) in [7, 11) is 1.84. The van der Waals surface area contributed by atoms with Gasteiger partial charge < -0.3 is 20.4 Å². The van der Waals surface area contributed by atoms with Crippen LogP contribution in [0.1, 0.15) is 30.2 Å². The Kier molecular flexibility index (Phi) is 11.7. The maximum atomic E-state index is 4.31. The van der Waals surface area contributed by atoms with Crippen LogP contribution in [0.15, 0.2) is 16.4 Å². The number of aliphatic imine (C=N–C) groups is 1. The number of thiophene rings is 1. The molecule has 0 amide bonds. The molecule has 144 valence electrons. The second-order valence-electron chi connectivity index (χ2n) is 6.36. The quantitative estimate of drug-likeness (QED) is 0.261. The number of guanidine groups is 1. The number of aryl methyl sites for hydroxylation is 1. The Labute approximate surface area is 174 Å². The molecule has 2 heterocycles. The van der Waals surface area contributed by atoms with Gasteiger partial charge in [-0.3, -0.25) is 4.99 Å². The molecule has 1 fully saturated rings. The zero-order valence-electron chi connectivity index (χ0n) is 15.9. The predicted octanol–water partition coefficient (Wildman–Crippen LogP) is 2.76. The maximum Gasteiger partial charge on any atom is 0.191 e. The normalized spacial score (nSPS) is 16.5. The third-order valence-corrected chi connectivity index (χ3v) is 5.74. The molecule has 2 rings (SSSR count). The van der Waals surface area contributed by atoms with Crippen molar-refractivity contribution in [3.63, 3.8) is 0 Å². The van der Waals surface area contributed by atoms with Gasteiger partial charge in [0.05, 0.1) is 6.54 Å². The van der Waals surface area contributed by atoms with E-state index in [4.69, 9.17) is 0 Å². The number of nitrogens with one attached hydrogen (secondary N) is 2. The van der Waals surface area contributed by atoms with Crippen molar-refractivity contribution in [3.8, 4) is 0 Å². The molecular weight excluding hydrogens is 445 g/mol. The van der Waals surface area contributed by atoms with E-state index in [0.29, 0.717) is 0 Å². The Bertz CT molecular complexity index is 497. The fraction of sp³-hybridized carbons (Fsp3) is 0.722. The lowest BCUT2D eigenvalue weighted by atomic mass is 10.2. The molecule has 1 saturated heterocycles. The van der Waals surface area contributed by atoms with Crippen molar-refractivity contribution < 1.29 is 0 Å². The van der Waals surface area contributed by atoms with Crippen LogP contribution in [0, 0.1) is 6.92 Å². The minimum absolute atomic E-state index is 0. The second kappa shape index (κ2) is 12.9. The minimum Gasteiger partial charge on any atom is -0.356 e. The van der Waals surface area contributed by atoms with E-state index in [9.17, 15) is 0 Å². The highest BCUT2D eigenvalue weighted by molar-refractivity contribution is 14.0. The van der Waals surface area contributed by atoms with E-state index in [1.165, 1.54) is 62.6 Å². The zero-order valence-corrected chi connectivity index (χ0v) is 19.0. The first-order valence-corrected chi connectivity index (χ1v) is 10.0. The number of halogens is 1. The average molecular weight is 479 g/mol. The molecule has 2 N–H and O–H groups in total. The molecule has 0 saturated carbocycles. The van der Waals surface area contributed by atoms with Gasteiger partial charge in [-0.2, -0.15) is 0 Å². The number of nitrogens with zero attached hydrogens (tertiary/aromatic N) is 3. The lowest BCUT2D eigenvalue weighted by molar-refractivity contribution is 0.136. The first-order valence-electron chi connectivity index (χ1n) is 9.15. The van der Waals surface area contributed by atoms with Crippen LogP contribution in [0.5, 0.6) is 0 Å². The predicted molar refractivity (Wildman–Crippen MR) is 120 cm³/mol. The third-order valence-electron chi connectivity index (χ3n) is 4.71. The van der Waals surface area contributed by atoms with Crippen molar-refractivity contribution in [2.24, 2.45) is 4.99 Å². The molecule has 1 aromatic heterocycles. The fourth-order valence-electron chi connectivity index (χ4n) is 2.97. The summed E-state index contributed by atoms with van der Waals surface area (Å²) in [6.45, 7) is 13.6. The molecular formula is C18H34IN5S. The van der Waals surface area contributed by atoms with Crippen LogP contribution in [-0.2, 0) is 6.54 Å². The number of piperazine rings is 1. The van der Waals surface area contributed by atoms with E-state index < -0.39 is 0 Å². The van der Waals surface area contributed by atoms with Crippen molar-refractivity contribution in [1.82, 2.24) is 20.4 Å². The molecule has 0 atom stereocenters. The zero-order chi connectivity index (χ0) is 17.2. The van der Waals surface area contributed by atoms with E-state index in [1.54, 1.807) is 11.3 Å². The highest BCUT2D eigenvalue weighted by atomic mass is 127. The summed E-state index contributed by atoms with van der Waals surface area (Å²) in [6, 6.07) is 2.16. The lowest BCUT2D eigenvalue weighted by Crippen LogP contribution is -2.46. The largest absolute Gasteiger partial charge is 0.356 e. The van der Waals surface area contributed by atoms with Gasteiger partial charge in [0.25, 0.3) is 0 Å². The van der Waals surface area contributed by atoms with Crippen molar-refractivity contribution in [3.05, 3.63) is 21.9 Å². The first-order chi connectivity index (χ1) is 11.7. The van der Waals surface area contributed by atoms with Crippen LogP contribution in [0.2, 0.25) is 0 Å². The summed E-state index contributed by atoms with van der Waals surface area (Å²) in [5, 5.41) is 8.96.